The number of benzene rings is 2. The Morgan fingerprint density at radius 2 is 0.880 bits per heavy atom. The summed E-state index contributed by atoms with van der Waals surface area (Å²) >= 11 is 0. The molecule has 5 N–H and O–H groups in total. The molecule has 0 aliphatic rings. The number of hydrogen-bond donors (Lipinski definition) is 5. The quantitative estimate of drug-likeness (QED) is 0.415. The molecule has 0 radical (unpaired) electrons. The van der Waals surface area contributed by atoms with Crippen molar-refractivity contribution in [2.24, 2.45) is 0 Å². The summed E-state index contributed by atoms with van der Waals surface area (Å²) in [7, 11) is 0. The maximum absolute atomic E-state index is 9.20. The highest BCUT2D eigenvalue weighted by atomic mass is 16.3. The molecular weight excluding hydrogens is 318 g/mol. The highest BCUT2D eigenvalue weighted by molar-refractivity contribution is 5.42. The standard InChI is InChI=1S/C20H19NO4/c22-11-17-5-15(6-18(9-17)12-23)1-3-21-4-2-16-7-19(13-24)10-20(8-16)14-25/h5-10,21-25H,11-14H2. The molecule has 2 rings (SSSR count). The highest BCUT2D eigenvalue weighted by Crippen LogP contribution is 2.10. The zero-order valence-corrected chi connectivity index (χ0v) is 13.6. The van der Waals surface area contributed by atoms with Gasteiger partial charge in [-0.05, 0) is 58.4 Å². The lowest BCUT2D eigenvalue weighted by molar-refractivity contribution is 0.275. The SMILES string of the molecule is OCc1cc(C#CNC#Cc2cc(CO)cc(CO)c2)cc(CO)c1. The molecule has 0 saturated carbocycles. The van der Waals surface area contributed by atoms with Crippen LogP contribution in [-0.2, 0) is 26.4 Å². The van der Waals surface area contributed by atoms with E-state index in [9.17, 15) is 20.4 Å². The fourth-order valence-electron chi connectivity index (χ4n) is 2.27. The minimum Gasteiger partial charge on any atom is -0.392 e. The van der Waals surface area contributed by atoms with Gasteiger partial charge in [0.1, 0.15) is 0 Å². The van der Waals surface area contributed by atoms with Crippen LogP contribution in [0.25, 0.3) is 0 Å². The number of nitrogens with one attached hydrogen (secondary N) is 1. The van der Waals surface area contributed by atoms with Gasteiger partial charge in [0.05, 0.1) is 26.4 Å². The Hall–Kier alpha value is -2.80. The fraction of sp³-hybridized carbons (Fsp3) is 0.200. The molecule has 2 aromatic carbocycles. The molecule has 0 heterocycles. The molecular formula is C20H19NO4. The summed E-state index contributed by atoms with van der Waals surface area (Å²) in [6, 6.07) is 15.8. The lowest BCUT2D eigenvalue weighted by Crippen LogP contribution is -1.96. The van der Waals surface area contributed by atoms with E-state index >= 15 is 0 Å². The smallest absolute Gasteiger partial charge is 0.0682 e. The van der Waals surface area contributed by atoms with Gasteiger partial charge in [0.25, 0.3) is 0 Å². The Bertz CT molecular complexity index is 737. The second-order valence-corrected chi connectivity index (χ2v) is 5.33. The summed E-state index contributed by atoms with van der Waals surface area (Å²) in [6.45, 7) is -0.484. The van der Waals surface area contributed by atoms with Crippen molar-refractivity contribution in [3.8, 4) is 23.9 Å². The Labute approximate surface area is 146 Å². The predicted molar refractivity (Wildman–Crippen MR) is 93.5 cm³/mol. The zero-order chi connectivity index (χ0) is 18.1. The molecule has 0 fully saturated rings. The van der Waals surface area contributed by atoms with Gasteiger partial charge in [-0.15, -0.1) is 0 Å². The molecule has 0 bridgehead atoms. The highest BCUT2D eigenvalue weighted by Gasteiger charge is 1.99. The van der Waals surface area contributed by atoms with Crippen molar-refractivity contribution in [1.29, 1.82) is 0 Å². The average Bonchev–Trinajstić information content (AvgIpc) is 2.66. The topological polar surface area (TPSA) is 93.0 Å². The molecule has 0 unspecified atom stereocenters. The summed E-state index contributed by atoms with van der Waals surface area (Å²) < 4.78 is 0. The molecule has 0 amide bonds. The molecule has 0 aliphatic heterocycles. The van der Waals surface area contributed by atoms with E-state index in [-0.39, 0.29) is 26.4 Å². The first-order chi connectivity index (χ1) is 12.2. The maximum atomic E-state index is 9.20. The van der Waals surface area contributed by atoms with Crippen molar-refractivity contribution in [2.45, 2.75) is 26.4 Å². The molecule has 25 heavy (non-hydrogen) atoms. The van der Waals surface area contributed by atoms with Crippen LogP contribution < -0.4 is 5.32 Å². The summed E-state index contributed by atoms with van der Waals surface area (Å²) in [6.07, 6.45) is 0. The van der Waals surface area contributed by atoms with E-state index in [0.29, 0.717) is 33.4 Å². The normalized spacial score (nSPS) is 9.60. The summed E-state index contributed by atoms with van der Waals surface area (Å²) in [5.74, 6) is 5.72. The number of hydrogen-bond acceptors (Lipinski definition) is 5. The Morgan fingerprint density at radius 3 is 1.16 bits per heavy atom. The average molecular weight is 337 g/mol. The van der Waals surface area contributed by atoms with Gasteiger partial charge in [0, 0.05) is 23.2 Å². The van der Waals surface area contributed by atoms with Crippen molar-refractivity contribution < 1.29 is 20.4 Å². The van der Waals surface area contributed by atoms with Crippen LogP contribution >= 0.6 is 0 Å². The minimum atomic E-state index is -0.121. The van der Waals surface area contributed by atoms with Gasteiger partial charge in [-0.25, -0.2) is 0 Å². The third-order valence-corrected chi connectivity index (χ3v) is 3.37. The summed E-state index contributed by atoms with van der Waals surface area (Å²) in [5, 5.41) is 39.5. The van der Waals surface area contributed by atoms with Gasteiger partial charge in [-0.1, -0.05) is 12.1 Å². The van der Waals surface area contributed by atoms with Crippen LogP contribution in [0.5, 0.6) is 0 Å². The van der Waals surface area contributed by atoms with Gasteiger partial charge in [0.15, 0.2) is 0 Å². The van der Waals surface area contributed by atoms with Gasteiger partial charge < -0.3 is 20.4 Å². The maximum Gasteiger partial charge on any atom is 0.0682 e. The lowest BCUT2D eigenvalue weighted by Gasteiger charge is -2.02. The molecule has 5 nitrogen and oxygen atoms in total. The molecule has 0 atom stereocenters. The molecule has 0 spiro atoms. The van der Waals surface area contributed by atoms with Crippen LogP contribution in [0.3, 0.4) is 0 Å². The van der Waals surface area contributed by atoms with E-state index in [1.54, 1.807) is 36.4 Å². The van der Waals surface area contributed by atoms with Crippen molar-refractivity contribution in [3.63, 3.8) is 0 Å². The molecule has 128 valence electrons. The van der Waals surface area contributed by atoms with Gasteiger partial charge in [0.2, 0.25) is 0 Å². The second kappa shape index (κ2) is 9.48. The summed E-state index contributed by atoms with van der Waals surface area (Å²) in [5.41, 5.74) is 4.04. The van der Waals surface area contributed by atoms with E-state index in [2.05, 4.69) is 29.2 Å². The van der Waals surface area contributed by atoms with Gasteiger partial charge >= 0.3 is 0 Å². The van der Waals surface area contributed by atoms with Gasteiger partial charge in [-0.2, -0.15) is 0 Å². The Kier molecular flexibility index (Phi) is 7.03. The third-order valence-electron chi connectivity index (χ3n) is 3.37. The van der Waals surface area contributed by atoms with Crippen molar-refractivity contribution in [2.75, 3.05) is 0 Å². The Morgan fingerprint density at radius 1 is 0.560 bits per heavy atom. The number of rotatable bonds is 4. The van der Waals surface area contributed by atoms with E-state index in [4.69, 9.17) is 0 Å². The Balaban J connectivity index is 2.10. The fourth-order valence-corrected chi connectivity index (χ4v) is 2.27. The van der Waals surface area contributed by atoms with Crippen molar-refractivity contribution in [3.05, 3.63) is 69.8 Å². The van der Waals surface area contributed by atoms with Crippen LogP contribution in [0.4, 0.5) is 0 Å². The van der Waals surface area contributed by atoms with Crippen LogP contribution in [-0.4, -0.2) is 20.4 Å². The van der Waals surface area contributed by atoms with Crippen LogP contribution in [0.2, 0.25) is 0 Å². The van der Waals surface area contributed by atoms with Crippen LogP contribution in [0.15, 0.2) is 36.4 Å². The monoisotopic (exact) mass is 337 g/mol. The summed E-state index contributed by atoms with van der Waals surface area (Å²) in [4.78, 5) is 0. The molecule has 0 aromatic heterocycles. The van der Waals surface area contributed by atoms with Crippen LogP contribution in [0.1, 0.15) is 33.4 Å². The van der Waals surface area contributed by atoms with Crippen molar-refractivity contribution in [1.82, 2.24) is 5.32 Å². The predicted octanol–water partition coefficient (Wildman–Crippen LogP) is 0.564. The number of aliphatic hydroxyl groups excluding tert-OH is 4. The molecule has 5 heteroatoms. The second-order valence-electron chi connectivity index (χ2n) is 5.33. The van der Waals surface area contributed by atoms with Crippen LogP contribution in [0, 0.1) is 23.9 Å². The van der Waals surface area contributed by atoms with Gasteiger partial charge in [-0.3, -0.25) is 5.32 Å². The number of aliphatic hydroxyl groups is 4. The van der Waals surface area contributed by atoms with Crippen molar-refractivity contribution >= 4 is 0 Å². The first kappa shape index (κ1) is 18.5. The molecule has 2 aromatic rings. The first-order valence-corrected chi connectivity index (χ1v) is 7.64. The van der Waals surface area contributed by atoms with E-state index in [0.717, 1.165) is 0 Å². The van der Waals surface area contributed by atoms with E-state index < -0.39 is 0 Å². The molecule has 0 saturated heterocycles. The first-order valence-electron chi connectivity index (χ1n) is 7.64. The minimum absolute atomic E-state index is 0.121. The lowest BCUT2D eigenvalue weighted by atomic mass is 10.1. The zero-order valence-electron chi connectivity index (χ0n) is 13.6. The van der Waals surface area contributed by atoms with E-state index in [1.807, 2.05) is 0 Å². The molecule has 0 aliphatic carbocycles. The third kappa shape index (κ3) is 5.65. The van der Waals surface area contributed by atoms with E-state index in [1.165, 1.54) is 0 Å². The largest absolute Gasteiger partial charge is 0.392 e.